The zero-order chi connectivity index (χ0) is 16.6. The highest BCUT2D eigenvalue weighted by Gasteiger charge is 2.31. The standard InChI is InChI=1S/C17H17N3O3S/c21-24(22,15-7-6-14-11-18-19-16(14)10-15)20-8-9-23-17(12-20)13-4-2-1-3-5-13/h1-7,10-11,17H,8-9,12H2,(H,18,19)/t17-/m1/s1. The first kappa shape index (κ1) is 15.3. The Labute approximate surface area is 140 Å². The zero-order valence-corrected chi connectivity index (χ0v) is 13.7. The van der Waals surface area contributed by atoms with Crippen molar-refractivity contribution in [2.45, 2.75) is 11.0 Å². The Morgan fingerprint density at radius 1 is 1.17 bits per heavy atom. The summed E-state index contributed by atoms with van der Waals surface area (Å²) < 4.78 is 33.2. The van der Waals surface area contributed by atoms with Gasteiger partial charge in [-0.3, -0.25) is 5.10 Å². The third-order valence-electron chi connectivity index (χ3n) is 4.25. The smallest absolute Gasteiger partial charge is 0.243 e. The number of benzene rings is 2. The molecule has 1 aliphatic rings. The highest BCUT2D eigenvalue weighted by Crippen LogP contribution is 2.27. The van der Waals surface area contributed by atoms with E-state index in [0.717, 1.165) is 10.9 Å². The number of hydrogen-bond acceptors (Lipinski definition) is 4. The summed E-state index contributed by atoms with van der Waals surface area (Å²) in [7, 11) is -3.57. The first-order chi connectivity index (χ1) is 11.6. The van der Waals surface area contributed by atoms with Crippen LogP contribution >= 0.6 is 0 Å². The minimum atomic E-state index is -3.57. The second-order valence-electron chi connectivity index (χ2n) is 5.75. The monoisotopic (exact) mass is 343 g/mol. The molecule has 0 aliphatic carbocycles. The molecular formula is C17H17N3O3S. The molecule has 3 aromatic rings. The molecule has 0 radical (unpaired) electrons. The highest BCUT2D eigenvalue weighted by molar-refractivity contribution is 7.89. The van der Waals surface area contributed by atoms with E-state index in [9.17, 15) is 8.42 Å². The summed E-state index contributed by atoms with van der Waals surface area (Å²) in [4.78, 5) is 0.271. The number of aromatic nitrogens is 2. The predicted octanol–water partition coefficient (Wildman–Crippen LogP) is 2.33. The first-order valence-corrected chi connectivity index (χ1v) is 9.18. The van der Waals surface area contributed by atoms with Gasteiger partial charge in [-0.2, -0.15) is 9.40 Å². The fraction of sp³-hybridized carbons (Fsp3) is 0.235. The number of H-pyrrole nitrogens is 1. The number of nitrogens with zero attached hydrogens (tertiary/aromatic N) is 2. The minimum Gasteiger partial charge on any atom is -0.371 e. The van der Waals surface area contributed by atoms with Gasteiger partial charge in [-0.15, -0.1) is 0 Å². The molecule has 0 bridgehead atoms. The summed E-state index contributed by atoms with van der Waals surface area (Å²) in [6, 6.07) is 14.7. The van der Waals surface area contributed by atoms with Gasteiger partial charge in [-0.25, -0.2) is 8.42 Å². The van der Waals surface area contributed by atoms with E-state index < -0.39 is 10.0 Å². The van der Waals surface area contributed by atoms with Gasteiger partial charge < -0.3 is 4.74 Å². The molecule has 124 valence electrons. The molecule has 0 amide bonds. The summed E-state index contributed by atoms with van der Waals surface area (Å²) in [6.45, 7) is 1.05. The summed E-state index contributed by atoms with van der Waals surface area (Å²) in [5.41, 5.74) is 1.70. The van der Waals surface area contributed by atoms with Gasteiger partial charge in [0.15, 0.2) is 0 Å². The van der Waals surface area contributed by atoms with Crippen molar-refractivity contribution in [3.8, 4) is 0 Å². The number of morpholine rings is 1. The predicted molar refractivity (Wildman–Crippen MR) is 90.0 cm³/mol. The van der Waals surface area contributed by atoms with Gasteiger partial charge in [-0.1, -0.05) is 30.3 Å². The second kappa shape index (κ2) is 6.01. The fourth-order valence-electron chi connectivity index (χ4n) is 2.94. The van der Waals surface area contributed by atoms with Crippen LogP contribution in [-0.4, -0.2) is 42.6 Å². The maximum atomic E-state index is 13.0. The van der Waals surface area contributed by atoms with E-state index in [1.807, 2.05) is 30.3 Å². The number of fused-ring (bicyclic) bond motifs is 1. The molecule has 1 saturated heterocycles. The van der Waals surface area contributed by atoms with Crippen molar-refractivity contribution in [2.75, 3.05) is 19.7 Å². The average Bonchev–Trinajstić information content (AvgIpc) is 3.10. The Balaban J connectivity index is 1.63. The molecule has 1 atom stereocenters. The average molecular weight is 343 g/mol. The van der Waals surface area contributed by atoms with Crippen LogP contribution in [0, 0.1) is 0 Å². The van der Waals surface area contributed by atoms with E-state index in [2.05, 4.69) is 10.2 Å². The van der Waals surface area contributed by atoms with Gasteiger partial charge in [0.05, 0.1) is 29.3 Å². The normalized spacial score (nSPS) is 19.6. The SMILES string of the molecule is O=S(=O)(c1ccc2cn[nH]c2c1)N1CCO[C@@H](c2ccccc2)C1. The Morgan fingerprint density at radius 3 is 2.83 bits per heavy atom. The Hall–Kier alpha value is -2.22. The van der Waals surface area contributed by atoms with Crippen LogP contribution in [0.25, 0.3) is 10.9 Å². The molecular weight excluding hydrogens is 326 g/mol. The lowest BCUT2D eigenvalue weighted by Gasteiger charge is -2.32. The van der Waals surface area contributed by atoms with Gasteiger partial charge in [0.25, 0.3) is 0 Å². The van der Waals surface area contributed by atoms with Crippen molar-refractivity contribution in [3.63, 3.8) is 0 Å². The number of aromatic amines is 1. The van der Waals surface area contributed by atoms with Crippen LogP contribution in [0.2, 0.25) is 0 Å². The molecule has 24 heavy (non-hydrogen) atoms. The number of sulfonamides is 1. The van der Waals surface area contributed by atoms with Crippen molar-refractivity contribution >= 4 is 20.9 Å². The van der Waals surface area contributed by atoms with Crippen LogP contribution in [0.1, 0.15) is 11.7 Å². The van der Waals surface area contributed by atoms with Crippen LogP contribution in [0.5, 0.6) is 0 Å². The molecule has 6 nitrogen and oxygen atoms in total. The molecule has 0 unspecified atom stereocenters. The third-order valence-corrected chi connectivity index (χ3v) is 6.11. The van der Waals surface area contributed by atoms with E-state index in [-0.39, 0.29) is 11.0 Å². The lowest BCUT2D eigenvalue weighted by Crippen LogP contribution is -2.42. The van der Waals surface area contributed by atoms with Crippen LogP contribution < -0.4 is 0 Å². The van der Waals surface area contributed by atoms with E-state index in [4.69, 9.17) is 4.74 Å². The Bertz CT molecular complexity index is 953. The van der Waals surface area contributed by atoms with Gasteiger partial charge in [0.2, 0.25) is 10.0 Å². The number of ether oxygens (including phenoxy) is 1. The van der Waals surface area contributed by atoms with E-state index >= 15 is 0 Å². The summed E-state index contributed by atoms with van der Waals surface area (Å²) in [5.74, 6) is 0. The Kier molecular flexibility index (Phi) is 3.84. The summed E-state index contributed by atoms with van der Waals surface area (Å²) >= 11 is 0. The molecule has 7 heteroatoms. The van der Waals surface area contributed by atoms with E-state index in [1.165, 1.54) is 4.31 Å². The van der Waals surface area contributed by atoms with Crippen molar-refractivity contribution in [1.82, 2.24) is 14.5 Å². The van der Waals surface area contributed by atoms with Crippen molar-refractivity contribution in [2.24, 2.45) is 0 Å². The molecule has 1 N–H and O–H groups in total. The number of nitrogens with one attached hydrogen (secondary N) is 1. The minimum absolute atomic E-state index is 0.245. The number of hydrogen-bond donors (Lipinski definition) is 1. The quantitative estimate of drug-likeness (QED) is 0.792. The van der Waals surface area contributed by atoms with Crippen LogP contribution in [0.15, 0.2) is 59.6 Å². The largest absolute Gasteiger partial charge is 0.371 e. The maximum absolute atomic E-state index is 13.0. The van der Waals surface area contributed by atoms with Gasteiger partial charge >= 0.3 is 0 Å². The van der Waals surface area contributed by atoms with Crippen LogP contribution in [0.3, 0.4) is 0 Å². The molecule has 1 aliphatic heterocycles. The number of rotatable bonds is 3. The molecule has 0 saturated carbocycles. The van der Waals surface area contributed by atoms with Crippen LogP contribution in [0.4, 0.5) is 0 Å². The zero-order valence-electron chi connectivity index (χ0n) is 12.9. The lowest BCUT2D eigenvalue weighted by atomic mass is 10.1. The van der Waals surface area contributed by atoms with E-state index in [0.29, 0.717) is 25.2 Å². The first-order valence-electron chi connectivity index (χ1n) is 7.74. The Morgan fingerprint density at radius 2 is 2.00 bits per heavy atom. The van der Waals surface area contributed by atoms with Crippen LogP contribution in [-0.2, 0) is 14.8 Å². The maximum Gasteiger partial charge on any atom is 0.243 e. The summed E-state index contributed by atoms with van der Waals surface area (Å²) in [5, 5.41) is 7.63. The molecule has 1 aromatic heterocycles. The van der Waals surface area contributed by atoms with Crippen molar-refractivity contribution in [1.29, 1.82) is 0 Å². The summed E-state index contributed by atoms with van der Waals surface area (Å²) in [6.07, 6.45) is 1.43. The lowest BCUT2D eigenvalue weighted by molar-refractivity contribution is -0.00255. The van der Waals surface area contributed by atoms with E-state index in [1.54, 1.807) is 24.4 Å². The highest BCUT2D eigenvalue weighted by atomic mass is 32.2. The topological polar surface area (TPSA) is 75.3 Å². The molecule has 1 fully saturated rings. The van der Waals surface area contributed by atoms with Gasteiger partial charge in [0, 0.05) is 18.5 Å². The molecule has 4 rings (SSSR count). The van der Waals surface area contributed by atoms with Gasteiger partial charge in [-0.05, 0) is 23.8 Å². The second-order valence-corrected chi connectivity index (χ2v) is 7.69. The van der Waals surface area contributed by atoms with Crippen molar-refractivity contribution in [3.05, 3.63) is 60.3 Å². The van der Waals surface area contributed by atoms with Gasteiger partial charge in [0.1, 0.15) is 0 Å². The fourth-order valence-corrected chi connectivity index (χ4v) is 4.39. The van der Waals surface area contributed by atoms with Crippen molar-refractivity contribution < 1.29 is 13.2 Å². The molecule has 2 heterocycles. The third kappa shape index (κ3) is 2.71. The molecule has 0 spiro atoms. The molecule has 2 aromatic carbocycles.